The van der Waals surface area contributed by atoms with Crippen molar-refractivity contribution in [2.75, 3.05) is 44.4 Å². The highest BCUT2D eigenvalue weighted by Gasteiger charge is 2.53. The molecule has 1 aromatic carbocycles. The quantitative estimate of drug-likeness (QED) is 0.351. The van der Waals surface area contributed by atoms with Crippen molar-refractivity contribution in [3.8, 4) is 0 Å². The average molecular weight is 482 g/mol. The van der Waals surface area contributed by atoms with E-state index in [1.807, 2.05) is 12.1 Å². The van der Waals surface area contributed by atoms with Gasteiger partial charge in [-0.2, -0.15) is 0 Å². The van der Waals surface area contributed by atoms with Crippen molar-refractivity contribution < 1.29 is 34.3 Å². The summed E-state index contributed by atoms with van der Waals surface area (Å²) in [5, 5.41) is 32.4. The lowest BCUT2D eigenvalue weighted by molar-refractivity contribution is -0.294. The van der Waals surface area contributed by atoms with Gasteiger partial charge in [0.2, 0.25) is 5.60 Å². The molecule has 34 heavy (non-hydrogen) atoms. The van der Waals surface area contributed by atoms with Gasteiger partial charge in [-0.25, -0.2) is 0 Å². The normalized spacial score (nSPS) is 22.1. The SMILES string of the molecule is CCCCC(CC)COCC(=O)C(O)(C1OCC(O)CO1)C(O)c1ccc(N(CC)CC)cc1. The number of aliphatic hydroxyl groups excluding tert-OH is 2. The molecule has 0 amide bonds. The van der Waals surface area contributed by atoms with Crippen LogP contribution in [0.5, 0.6) is 0 Å². The molecule has 3 N–H and O–H groups in total. The van der Waals surface area contributed by atoms with Gasteiger partial charge in [-0.05, 0) is 43.9 Å². The van der Waals surface area contributed by atoms with E-state index in [2.05, 4.69) is 32.6 Å². The van der Waals surface area contributed by atoms with Crippen molar-refractivity contribution in [1.82, 2.24) is 0 Å². The van der Waals surface area contributed by atoms with Gasteiger partial charge in [0.15, 0.2) is 12.1 Å². The fourth-order valence-electron chi connectivity index (χ4n) is 4.20. The van der Waals surface area contributed by atoms with Crippen LogP contribution in [0.2, 0.25) is 0 Å². The maximum atomic E-state index is 13.2. The van der Waals surface area contributed by atoms with Crippen molar-refractivity contribution in [1.29, 1.82) is 0 Å². The number of carbonyl (C=O) groups excluding carboxylic acids is 1. The van der Waals surface area contributed by atoms with E-state index in [1.165, 1.54) is 0 Å². The highest BCUT2D eigenvalue weighted by atomic mass is 16.7. The number of hydrogen-bond donors (Lipinski definition) is 3. The van der Waals surface area contributed by atoms with Crippen molar-refractivity contribution in [2.45, 2.75) is 77.5 Å². The van der Waals surface area contributed by atoms with Crippen molar-refractivity contribution in [3.05, 3.63) is 29.8 Å². The van der Waals surface area contributed by atoms with Crippen LogP contribution in [0.1, 0.15) is 65.0 Å². The lowest BCUT2D eigenvalue weighted by Crippen LogP contribution is -2.60. The van der Waals surface area contributed by atoms with E-state index < -0.39 is 29.9 Å². The summed E-state index contributed by atoms with van der Waals surface area (Å²) in [5.41, 5.74) is -1.05. The molecule has 0 bridgehead atoms. The van der Waals surface area contributed by atoms with Crippen LogP contribution in [0.4, 0.5) is 5.69 Å². The number of Topliss-reactive ketones (excluding diaryl/α,β-unsaturated/α-hetero) is 1. The molecule has 1 fully saturated rings. The molecule has 2 rings (SSSR count). The maximum absolute atomic E-state index is 13.2. The fourth-order valence-corrected chi connectivity index (χ4v) is 4.20. The van der Waals surface area contributed by atoms with E-state index in [0.717, 1.165) is 44.5 Å². The van der Waals surface area contributed by atoms with Crippen LogP contribution < -0.4 is 4.90 Å². The van der Waals surface area contributed by atoms with Gasteiger partial charge in [0, 0.05) is 25.4 Å². The number of aliphatic hydroxyl groups is 3. The Morgan fingerprint density at radius 1 is 1.15 bits per heavy atom. The third kappa shape index (κ3) is 7.23. The molecule has 1 saturated heterocycles. The molecule has 0 radical (unpaired) electrons. The summed E-state index contributed by atoms with van der Waals surface area (Å²) in [5.74, 6) is -0.393. The molecule has 0 saturated carbocycles. The van der Waals surface area contributed by atoms with E-state index in [1.54, 1.807) is 12.1 Å². The van der Waals surface area contributed by atoms with E-state index in [-0.39, 0.29) is 19.8 Å². The third-order valence-corrected chi connectivity index (χ3v) is 6.57. The standard InChI is InChI=1S/C26H43NO7/c1-5-9-10-19(6-2)15-32-18-23(29)26(31,25-33-16-22(28)17-34-25)24(30)20-11-13-21(14-12-20)27(7-3)8-4/h11-14,19,22,24-25,28,30-31H,5-10,15-18H2,1-4H3. The van der Waals surface area contributed by atoms with Crippen molar-refractivity contribution in [3.63, 3.8) is 0 Å². The van der Waals surface area contributed by atoms with Crippen molar-refractivity contribution in [2.24, 2.45) is 5.92 Å². The summed E-state index contributed by atoms with van der Waals surface area (Å²) in [4.78, 5) is 15.4. The Bertz CT molecular complexity index is 716. The second kappa shape index (κ2) is 14.1. The first-order chi connectivity index (χ1) is 16.3. The Labute approximate surface area is 203 Å². The zero-order valence-electron chi connectivity index (χ0n) is 21.1. The number of carbonyl (C=O) groups is 1. The molecular weight excluding hydrogens is 438 g/mol. The van der Waals surface area contributed by atoms with Crippen LogP contribution in [0.3, 0.4) is 0 Å². The highest BCUT2D eigenvalue weighted by molar-refractivity contribution is 5.89. The first kappa shape index (κ1) is 28.7. The number of nitrogens with zero attached hydrogens (tertiary/aromatic N) is 1. The highest BCUT2D eigenvalue weighted by Crippen LogP contribution is 2.34. The Morgan fingerprint density at radius 2 is 1.76 bits per heavy atom. The first-order valence-corrected chi connectivity index (χ1v) is 12.6. The molecule has 0 aromatic heterocycles. The maximum Gasteiger partial charge on any atom is 0.206 e. The number of anilines is 1. The van der Waals surface area contributed by atoms with Gasteiger partial charge in [0.1, 0.15) is 18.8 Å². The zero-order chi connectivity index (χ0) is 25.1. The molecule has 1 aliphatic heterocycles. The number of hydrogen-bond acceptors (Lipinski definition) is 8. The molecule has 3 atom stereocenters. The molecule has 0 spiro atoms. The lowest BCUT2D eigenvalue weighted by atomic mass is 9.86. The average Bonchev–Trinajstić information content (AvgIpc) is 2.86. The Kier molecular flexibility index (Phi) is 11.9. The Balaban J connectivity index is 2.19. The van der Waals surface area contributed by atoms with Gasteiger partial charge < -0.3 is 34.4 Å². The lowest BCUT2D eigenvalue weighted by Gasteiger charge is -2.40. The van der Waals surface area contributed by atoms with Gasteiger partial charge in [-0.15, -0.1) is 0 Å². The van der Waals surface area contributed by atoms with Crippen LogP contribution in [-0.2, 0) is 19.0 Å². The van der Waals surface area contributed by atoms with Crippen LogP contribution >= 0.6 is 0 Å². The minimum Gasteiger partial charge on any atom is -0.388 e. The molecule has 1 heterocycles. The van der Waals surface area contributed by atoms with Crippen LogP contribution in [0.15, 0.2) is 24.3 Å². The van der Waals surface area contributed by atoms with Gasteiger partial charge in [-0.3, -0.25) is 4.79 Å². The summed E-state index contributed by atoms with van der Waals surface area (Å²) in [6, 6.07) is 7.07. The molecule has 8 heteroatoms. The molecule has 0 aliphatic carbocycles. The number of unbranched alkanes of at least 4 members (excludes halogenated alkanes) is 1. The number of ketones is 1. The molecule has 1 aromatic rings. The predicted molar refractivity (Wildman–Crippen MR) is 131 cm³/mol. The summed E-state index contributed by atoms with van der Waals surface area (Å²) >= 11 is 0. The second-order valence-electron chi connectivity index (χ2n) is 9.00. The third-order valence-electron chi connectivity index (χ3n) is 6.57. The number of rotatable bonds is 15. The van der Waals surface area contributed by atoms with Crippen LogP contribution in [0, 0.1) is 5.92 Å². The topological polar surface area (TPSA) is 109 Å². The summed E-state index contributed by atoms with van der Waals surface area (Å²) < 4.78 is 16.6. The summed E-state index contributed by atoms with van der Waals surface area (Å²) in [6.07, 6.45) is 0.251. The molecular formula is C26H43NO7. The largest absolute Gasteiger partial charge is 0.388 e. The minimum absolute atomic E-state index is 0.107. The molecule has 8 nitrogen and oxygen atoms in total. The van der Waals surface area contributed by atoms with Crippen LogP contribution in [0.25, 0.3) is 0 Å². The molecule has 1 aliphatic rings. The predicted octanol–water partition coefficient (Wildman–Crippen LogP) is 2.83. The Hall–Kier alpha value is -1.55. The molecule has 3 unspecified atom stereocenters. The van der Waals surface area contributed by atoms with Gasteiger partial charge >= 0.3 is 0 Å². The minimum atomic E-state index is -2.39. The van der Waals surface area contributed by atoms with Gasteiger partial charge in [-0.1, -0.05) is 45.2 Å². The van der Waals surface area contributed by atoms with Gasteiger partial charge in [0.05, 0.1) is 13.2 Å². The number of benzene rings is 1. The zero-order valence-corrected chi connectivity index (χ0v) is 21.1. The smallest absolute Gasteiger partial charge is 0.206 e. The van der Waals surface area contributed by atoms with Gasteiger partial charge in [0.25, 0.3) is 0 Å². The Morgan fingerprint density at radius 3 is 2.29 bits per heavy atom. The van der Waals surface area contributed by atoms with Crippen molar-refractivity contribution >= 4 is 11.5 Å². The fraction of sp³-hybridized carbons (Fsp3) is 0.731. The second-order valence-corrected chi connectivity index (χ2v) is 9.00. The van der Waals surface area contributed by atoms with E-state index in [4.69, 9.17) is 14.2 Å². The first-order valence-electron chi connectivity index (χ1n) is 12.6. The van der Waals surface area contributed by atoms with E-state index >= 15 is 0 Å². The molecule has 194 valence electrons. The van der Waals surface area contributed by atoms with Crippen LogP contribution in [-0.4, -0.2) is 78.6 Å². The summed E-state index contributed by atoms with van der Waals surface area (Å²) in [6.45, 7) is 9.81. The van der Waals surface area contributed by atoms with E-state index in [9.17, 15) is 20.1 Å². The summed E-state index contributed by atoms with van der Waals surface area (Å²) in [7, 11) is 0. The monoisotopic (exact) mass is 481 g/mol. The van der Waals surface area contributed by atoms with E-state index in [0.29, 0.717) is 18.1 Å². The number of ether oxygens (including phenoxy) is 3.